The molecule has 0 aliphatic carbocycles. The Morgan fingerprint density at radius 3 is 2.74 bits per heavy atom. The molecule has 0 fully saturated rings. The molecule has 0 saturated carbocycles. The Labute approximate surface area is 123 Å². The van der Waals surface area contributed by atoms with Crippen LogP contribution in [-0.4, -0.2) is 18.1 Å². The predicted octanol–water partition coefficient (Wildman–Crippen LogP) is 4.08. The van der Waals surface area contributed by atoms with Crippen molar-refractivity contribution in [1.82, 2.24) is 10.3 Å². The van der Waals surface area contributed by atoms with Crippen LogP contribution in [-0.2, 0) is 6.42 Å². The summed E-state index contributed by atoms with van der Waals surface area (Å²) in [6.07, 6.45) is 2.14. The lowest BCUT2D eigenvalue weighted by atomic mass is 10.3. The Kier molecular flexibility index (Phi) is 5.63. The fourth-order valence-corrected chi connectivity index (χ4v) is 2.55. The maximum absolute atomic E-state index is 5.85. The topological polar surface area (TPSA) is 37.0 Å². The van der Waals surface area contributed by atoms with E-state index in [1.807, 2.05) is 24.3 Å². The van der Waals surface area contributed by atoms with Gasteiger partial charge in [-0.2, -0.15) is 0 Å². The number of aromatic nitrogens is 1. The van der Waals surface area contributed by atoms with Crippen LogP contribution >= 0.6 is 22.9 Å². The molecule has 0 amide bonds. The molecule has 1 aromatic heterocycles. The number of hydrogen-bond acceptors (Lipinski definition) is 4. The van der Waals surface area contributed by atoms with Crippen LogP contribution in [0.2, 0.25) is 5.02 Å². The Morgan fingerprint density at radius 2 is 2.00 bits per heavy atom. The second-order valence-corrected chi connectivity index (χ2v) is 5.57. The van der Waals surface area contributed by atoms with E-state index < -0.39 is 0 Å². The lowest BCUT2D eigenvalue weighted by molar-refractivity contribution is 0.667. The van der Waals surface area contributed by atoms with E-state index in [1.54, 1.807) is 11.3 Å². The van der Waals surface area contributed by atoms with Gasteiger partial charge in [0.15, 0.2) is 5.13 Å². The van der Waals surface area contributed by atoms with Crippen molar-refractivity contribution in [3.05, 3.63) is 40.4 Å². The van der Waals surface area contributed by atoms with Crippen molar-refractivity contribution >= 4 is 33.8 Å². The third-order valence-electron chi connectivity index (χ3n) is 2.63. The number of nitrogens with zero attached hydrogens (tertiary/aromatic N) is 1. The van der Waals surface area contributed by atoms with Gasteiger partial charge in [-0.15, -0.1) is 11.3 Å². The zero-order valence-electron chi connectivity index (χ0n) is 10.9. The van der Waals surface area contributed by atoms with E-state index in [0.29, 0.717) is 0 Å². The summed E-state index contributed by atoms with van der Waals surface area (Å²) in [6.45, 7) is 4.22. The summed E-state index contributed by atoms with van der Waals surface area (Å²) in [5.74, 6) is 0. The van der Waals surface area contributed by atoms with Crippen molar-refractivity contribution in [2.24, 2.45) is 0 Å². The lowest BCUT2D eigenvalue weighted by Crippen LogP contribution is -2.17. The maximum Gasteiger partial charge on any atom is 0.187 e. The van der Waals surface area contributed by atoms with Gasteiger partial charge in [-0.25, -0.2) is 4.98 Å². The monoisotopic (exact) mass is 295 g/mol. The highest BCUT2D eigenvalue weighted by molar-refractivity contribution is 7.13. The van der Waals surface area contributed by atoms with Crippen LogP contribution in [0.25, 0.3) is 0 Å². The lowest BCUT2D eigenvalue weighted by Gasteiger charge is -2.02. The van der Waals surface area contributed by atoms with Gasteiger partial charge in [0.1, 0.15) is 0 Å². The quantitative estimate of drug-likeness (QED) is 0.756. The van der Waals surface area contributed by atoms with Crippen molar-refractivity contribution in [2.75, 3.05) is 18.4 Å². The first-order valence-corrected chi connectivity index (χ1v) is 7.71. The molecular weight excluding hydrogens is 278 g/mol. The molecule has 0 unspecified atom stereocenters. The fraction of sp³-hybridized carbons (Fsp3) is 0.357. The van der Waals surface area contributed by atoms with E-state index in [1.165, 1.54) is 6.42 Å². The first-order chi connectivity index (χ1) is 9.28. The first-order valence-electron chi connectivity index (χ1n) is 6.45. The van der Waals surface area contributed by atoms with E-state index in [-0.39, 0.29) is 0 Å². The minimum atomic E-state index is 0.743. The zero-order valence-corrected chi connectivity index (χ0v) is 12.5. The molecule has 2 rings (SSSR count). The molecule has 102 valence electrons. The molecule has 3 nitrogen and oxygen atoms in total. The summed E-state index contributed by atoms with van der Waals surface area (Å²) in [5, 5.41) is 10.4. The van der Waals surface area contributed by atoms with Crippen LogP contribution in [0.15, 0.2) is 29.6 Å². The Bertz CT molecular complexity index is 496. The average Bonchev–Trinajstić information content (AvgIpc) is 2.85. The highest BCUT2D eigenvalue weighted by Crippen LogP contribution is 2.22. The Hall–Kier alpha value is -1.10. The van der Waals surface area contributed by atoms with Crippen molar-refractivity contribution < 1.29 is 0 Å². The number of rotatable bonds is 7. The van der Waals surface area contributed by atoms with E-state index in [0.717, 1.165) is 41.0 Å². The van der Waals surface area contributed by atoms with Crippen LogP contribution in [0.1, 0.15) is 19.0 Å². The van der Waals surface area contributed by atoms with Crippen molar-refractivity contribution in [3.63, 3.8) is 0 Å². The number of hydrogen-bond donors (Lipinski definition) is 2. The fourth-order valence-electron chi connectivity index (χ4n) is 1.65. The van der Waals surface area contributed by atoms with Crippen LogP contribution in [0.5, 0.6) is 0 Å². The van der Waals surface area contributed by atoms with Crippen molar-refractivity contribution in [3.8, 4) is 0 Å². The largest absolute Gasteiger partial charge is 0.332 e. The summed E-state index contributed by atoms with van der Waals surface area (Å²) in [7, 11) is 0. The Balaban J connectivity index is 1.85. The molecule has 0 saturated heterocycles. The Morgan fingerprint density at radius 1 is 1.21 bits per heavy atom. The van der Waals surface area contributed by atoms with E-state index in [2.05, 4.69) is 27.9 Å². The van der Waals surface area contributed by atoms with Crippen LogP contribution < -0.4 is 10.6 Å². The number of halogens is 1. The van der Waals surface area contributed by atoms with Crippen molar-refractivity contribution in [2.45, 2.75) is 19.8 Å². The minimum absolute atomic E-state index is 0.743. The molecule has 0 bridgehead atoms. The molecule has 1 aromatic carbocycles. The van der Waals surface area contributed by atoms with Gasteiger partial charge in [0, 0.05) is 29.1 Å². The van der Waals surface area contributed by atoms with Crippen molar-refractivity contribution in [1.29, 1.82) is 0 Å². The second kappa shape index (κ2) is 7.48. The molecular formula is C14H18ClN3S. The SMILES string of the molecule is CCCNCCc1csc(Nc2ccc(Cl)cc2)n1. The molecule has 0 spiro atoms. The normalized spacial score (nSPS) is 10.6. The number of benzene rings is 1. The first kappa shape index (κ1) is 14.3. The second-order valence-electron chi connectivity index (χ2n) is 4.28. The maximum atomic E-state index is 5.85. The van der Waals surface area contributed by atoms with Gasteiger partial charge < -0.3 is 10.6 Å². The zero-order chi connectivity index (χ0) is 13.5. The van der Waals surface area contributed by atoms with E-state index in [9.17, 15) is 0 Å². The van der Waals surface area contributed by atoms with Crippen LogP contribution in [0.3, 0.4) is 0 Å². The summed E-state index contributed by atoms with van der Waals surface area (Å²) in [4.78, 5) is 4.56. The van der Waals surface area contributed by atoms with Gasteiger partial charge in [0.25, 0.3) is 0 Å². The molecule has 0 atom stereocenters. The van der Waals surface area contributed by atoms with E-state index in [4.69, 9.17) is 11.6 Å². The molecule has 19 heavy (non-hydrogen) atoms. The molecule has 5 heteroatoms. The minimum Gasteiger partial charge on any atom is -0.332 e. The van der Waals surface area contributed by atoms with E-state index >= 15 is 0 Å². The predicted molar refractivity (Wildman–Crippen MR) is 83.7 cm³/mol. The summed E-state index contributed by atoms with van der Waals surface area (Å²) in [5.41, 5.74) is 2.14. The number of anilines is 2. The molecule has 0 aliphatic heterocycles. The number of thiazole rings is 1. The smallest absolute Gasteiger partial charge is 0.187 e. The molecule has 1 heterocycles. The summed E-state index contributed by atoms with van der Waals surface area (Å²) in [6, 6.07) is 7.64. The summed E-state index contributed by atoms with van der Waals surface area (Å²) >= 11 is 7.48. The van der Waals surface area contributed by atoms with Gasteiger partial charge >= 0.3 is 0 Å². The van der Waals surface area contributed by atoms with Gasteiger partial charge in [0.05, 0.1) is 5.69 Å². The van der Waals surface area contributed by atoms with Crippen LogP contribution in [0.4, 0.5) is 10.8 Å². The van der Waals surface area contributed by atoms with Gasteiger partial charge in [-0.3, -0.25) is 0 Å². The molecule has 2 N–H and O–H groups in total. The van der Waals surface area contributed by atoms with Gasteiger partial charge in [-0.05, 0) is 37.2 Å². The molecule has 2 aromatic rings. The van der Waals surface area contributed by atoms with Gasteiger partial charge in [0.2, 0.25) is 0 Å². The average molecular weight is 296 g/mol. The standard InChI is InChI=1S/C14H18ClN3S/c1-2-8-16-9-7-13-10-19-14(18-13)17-12-5-3-11(15)4-6-12/h3-6,10,16H,2,7-9H2,1H3,(H,17,18). The third-order valence-corrected chi connectivity index (χ3v) is 3.69. The molecule has 0 aliphatic rings. The highest BCUT2D eigenvalue weighted by atomic mass is 35.5. The molecule has 0 radical (unpaired) electrons. The number of nitrogens with one attached hydrogen (secondary N) is 2. The van der Waals surface area contributed by atoms with Crippen LogP contribution in [0, 0.1) is 0 Å². The summed E-state index contributed by atoms with van der Waals surface area (Å²) < 4.78 is 0. The highest BCUT2D eigenvalue weighted by Gasteiger charge is 2.02. The van der Waals surface area contributed by atoms with Gasteiger partial charge in [-0.1, -0.05) is 18.5 Å². The third kappa shape index (κ3) is 4.82.